The van der Waals surface area contributed by atoms with Gasteiger partial charge in [-0.25, -0.2) is 0 Å². The van der Waals surface area contributed by atoms with Gasteiger partial charge in [0.25, 0.3) is 0 Å². The molecule has 106 valence electrons. The van der Waals surface area contributed by atoms with Gasteiger partial charge in [-0.15, -0.1) is 0 Å². The number of unbranched alkanes of at least 4 members (excludes halogenated alkanes) is 2. The van der Waals surface area contributed by atoms with Gasteiger partial charge in [-0.1, -0.05) is 36.8 Å². The van der Waals surface area contributed by atoms with Crippen LogP contribution in [0.25, 0.3) is 0 Å². The molecule has 0 radical (unpaired) electrons. The second kappa shape index (κ2) is 7.18. The summed E-state index contributed by atoms with van der Waals surface area (Å²) in [7, 11) is 1.99. The molecule has 20 heavy (non-hydrogen) atoms. The summed E-state index contributed by atoms with van der Waals surface area (Å²) in [5.41, 5.74) is 1.37. The third kappa shape index (κ3) is 3.89. The summed E-state index contributed by atoms with van der Waals surface area (Å²) in [6.45, 7) is 4.34. The minimum atomic E-state index is 0.124. The highest BCUT2D eigenvalue weighted by Crippen LogP contribution is 2.19. The Labute approximate surface area is 122 Å². The summed E-state index contributed by atoms with van der Waals surface area (Å²) in [5.74, 6) is 0.769. The van der Waals surface area contributed by atoms with Gasteiger partial charge in [0.15, 0.2) is 5.88 Å². The van der Waals surface area contributed by atoms with E-state index in [-0.39, 0.29) is 11.8 Å². The molecule has 1 aliphatic heterocycles. The summed E-state index contributed by atoms with van der Waals surface area (Å²) in [4.78, 5) is 13.8. The lowest BCUT2D eigenvalue weighted by molar-refractivity contribution is -0.129. The summed E-state index contributed by atoms with van der Waals surface area (Å²) in [6, 6.07) is 10.5. The number of rotatable bonds is 6. The highest BCUT2D eigenvalue weighted by Gasteiger charge is 2.29. The van der Waals surface area contributed by atoms with E-state index in [0.29, 0.717) is 18.9 Å². The lowest BCUT2D eigenvalue weighted by Gasteiger charge is -2.19. The van der Waals surface area contributed by atoms with Crippen molar-refractivity contribution in [2.45, 2.75) is 38.0 Å². The second-order valence-electron chi connectivity index (χ2n) is 5.36. The van der Waals surface area contributed by atoms with Crippen molar-refractivity contribution >= 4 is 13.8 Å². The Balaban J connectivity index is 1.64. The zero-order valence-electron chi connectivity index (χ0n) is 12.2. The van der Waals surface area contributed by atoms with Gasteiger partial charge in [-0.3, -0.25) is 9.69 Å². The van der Waals surface area contributed by atoms with Gasteiger partial charge in [0.05, 0.1) is 0 Å². The van der Waals surface area contributed by atoms with Gasteiger partial charge in [0.2, 0.25) is 5.91 Å². The number of carbonyl (C=O) groups is 1. The van der Waals surface area contributed by atoms with Crippen LogP contribution in [0.15, 0.2) is 42.8 Å². The molecule has 1 amide bonds. The zero-order valence-corrected chi connectivity index (χ0v) is 12.2. The van der Waals surface area contributed by atoms with Crippen LogP contribution in [0.3, 0.4) is 0 Å². The van der Waals surface area contributed by atoms with E-state index in [1.165, 1.54) is 5.56 Å². The summed E-state index contributed by atoms with van der Waals surface area (Å²) in [6.07, 6.45) is 4.81. The Morgan fingerprint density at radius 2 is 2.05 bits per heavy atom. The average molecular weight is 271 g/mol. The average Bonchev–Trinajstić information content (AvgIpc) is 2.79. The fourth-order valence-electron chi connectivity index (χ4n) is 2.54. The van der Waals surface area contributed by atoms with E-state index in [0.717, 1.165) is 25.7 Å². The molecule has 0 bridgehead atoms. The van der Waals surface area contributed by atoms with Gasteiger partial charge in [0.1, 0.15) is 14.5 Å². The molecular formula is C16H22BNO2. The number of carbonyl (C=O) groups excluding carboxylic acids is 1. The van der Waals surface area contributed by atoms with Gasteiger partial charge in [-0.05, 0) is 31.4 Å². The Hall–Kier alpha value is -1.71. The lowest BCUT2D eigenvalue weighted by atomic mass is 9.96. The molecule has 0 spiro atoms. The molecule has 1 heterocycles. The molecule has 1 aromatic rings. The summed E-state index contributed by atoms with van der Waals surface area (Å²) < 4.78 is 5.29. The molecule has 1 saturated heterocycles. The maximum Gasteiger partial charge on any atom is 0.228 e. The maximum absolute atomic E-state index is 12.1. The topological polar surface area (TPSA) is 29.5 Å². The van der Waals surface area contributed by atoms with Crippen LogP contribution >= 0.6 is 0 Å². The fourth-order valence-corrected chi connectivity index (χ4v) is 2.54. The van der Waals surface area contributed by atoms with Crippen LogP contribution in [0.5, 0.6) is 0 Å². The molecule has 0 aliphatic carbocycles. The van der Waals surface area contributed by atoms with Crippen LogP contribution in [0.4, 0.5) is 0 Å². The molecule has 3 nitrogen and oxygen atoms in total. The molecule has 1 fully saturated rings. The van der Waals surface area contributed by atoms with E-state index < -0.39 is 0 Å². The normalized spacial score (nSPS) is 18.1. The third-order valence-corrected chi connectivity index (χ3v) is 3.67. The van der Waals surface area contributed by atoms with Crippen molar-refractivity contribution in [3.8, 4) is 0 Å². The van der Waals surface area contributed by atoms with Gasteiger partial charge in [-0.2, -0.15) is 0 Å². The molecule has 1 aliphatic rings. The number of nitrogens with zero attached hydrogens (tertiary/aromatic N) is 1. The van der Waals surface area contributed by atoms with Gasteiger partial charge >= 0.3 is 0 Å². The first kappa shape index (κ1) is 14.7. The van der Waals surface area contributed by atoms with Crippen molar-refractivity contribution in [2.24, 2.45) is 0 Å². The highest BCUT2D eigenvalue weighted by molar-refractivity contribution is 6.13. The zero-order chi connectivity index (χ0) is 14.4. The third-order valence-electron chi connectivity index (χ3n) is 3.67. The van der Waals surface area contributed by atoms with Crippen molar-refractivity contribution in [3.63, 3.8) is 0 Å². The van der Waals surface area contributed by atoms with E-state index in [4.69, 9.17) is 4.74 Å². The Morgan fingerprint density at radius 1 is 1.30 bits per heavy atom. The first-order valence-electron chi connectivity index (χ1n) is 7.36. The van der Waals surface area contributed by atoms with Crippen LogP contribution in [-0.4, -0.2) is 31.2 Å². The van der Waals surface area contributed by atoms with Crippen LogP contribution in [0, 0.1) is 0 Å². The Kier molecular flexibility index (Phi) is 5.27. The molecule has 4 heteroatoms. The standard InChI is InChI=1S/C16H22BNO2/c1-13-18(15(17)12-20-13)16(19)11-7-3-6-10-14-8-4-2-5-9-14/h2,4-5,8-9,15H,1,3,6-7,10-12,17H2/t15-/m0/s1. The van der Waals surface area contributed by atoms with Crippen molar-refractivity contribution in [2.75, 3.05) is 6.61 Å². The monoisotopic (exact) mass is 271 g/mol. The smallest absolute Gasteiger partial charge is 0.228 e. The van der Waals surface area contributed by atoms with E-state index in [1.807, 2.05) is 13.9 Å². The number of benzene rings is 1. The molecule has 1 atom stereocenters. The minimum Gasteiger partial charge on any atom is -0.478 e. The molecule has 0 saturated carbocycles. The van der Waals surface area contributed by atoms with Crippen molar-refractivity contribution in [1.29, 1.82) is 0 Å². The Morgan fingerprint density at radius 3 is 2.70 bits per heavy atom. The molecule has 0 unspecified atom stereocenters. The SMILES string of the molecule is B[C@@H]1COC(=C)N1C(=O)CCCCCc1ccccc1. The summed E-state index contributed by atoms with van der Waals surface area (Å²) in [5, 5.41) is 0. The summed E-state index contributed by atoms with van der Waals surface area (Å²) >= 11 is 0. The van der Waals surface area contributed by atoms with Crippen LogP contribution in [-0.2, 0) is 16.0 Å². The number of hydrogen-bond donors (Lipinski definition) is 0. The number of aryl methyl sites for hydroxylation is 1. The maximum atomic E-state index is 12.1. The molecular weight excluding hydrogens is 249 g/mol. The Bertz CT molecular complexity index is 461. The van der Waals surface area contributed by atoms with Gasteiger partial charge < -0.3 is 4.74 Å². The fraction of sp³-hybridized carbons (Fsp3) is 0.438. The first-order chi connectivity index (χ1) is 9.68. The minimum absolute atomic E-state index is 0.124. The van der Waals surface area contributed by atoms with E-state index in [1.54, 1.807) is 4.90 Å². The first-order valence-corrected chi connectivity index (χ1v) is 7.36. The van der Waals surface area contributed by atoms with E-state index >= 15 is 0 Å². The molecule has 2 rings (SSSR count). The van der Waals surface area contributed by atoms with Crippen molar-refractivity contribution < 1.29 is 9.53 Å². The quantitative estimate of drug-likeness (QED) is 0.585. The number of ether oxygens (including phenoxy) is 1. The molecule has 1 aromatic carbocycles. The predicted molar refractivity (Wildman–Crippen MR) is 82.9 cm³/mol. The van der Waals surface area contributed by atoms with Crippen molar-refractivity contribution in [1.82, 2.24) is 4.90 Å². The van der Waals surface area contributed by atoms with Crippen LogP contribution in [0.1, 0.15) is 31.2 Å². The largest absolute Gasteiger partial charge is 0.478 e. The van der Waals surface area contributed by atoms with Gasteiger partial charge in [0, 0.05) is 12.4 Å². The number of hydrogen-bond acceptors (Lipinski definition) is 2. The van der Waals surface area contributed by atoms with E-state index in [2.05, 4.69) is 30.8 Å². The number of amides is 1. The van der Waals surface area contributed by atoms with Crippen LogP contribution in [0.2, 0.25) is 0 Å². The van der Waals surface area contributed by atoms with Crippen molar-refractivity contribution in [3.05, 3.63) is 48.4 Å². The second-order valence-corrected chi connectivity index (χ2v) is 5.36. The predicted octanol–water partition coefficient (Wildman–Crippen LogP) is 2.08. The molecule has 0 aromatic heterocycles. The lowest BCUT2D eigenvalue weighted by Crippen LogP contribution is -2.35. The van der Waals surface area contributed by atoms with E-state index in [9.17, 15) is 4.79 Å². The molecule has 0 N–H and O–H groups in total. The van der Waals surface area contributed by atoms with Crippen LogP contribution < -0.4 is 0 Å². The highest BCUT2D eigenvalue weighted by atomic mass is 16.5.